The molecule has 0 aromatic carbocycles. The quantitative estimate of drug-likeness (QED) is 0.734. The third kappa shape index (κ3) is 2.36. The second-order valence-electron chi connectivity index (χ2n) is 1.96. The highest BCUT2D eigenvalue weighted by molar-refractivity contribution is 9.10. The second kappa shape index (κ2) is 3.88. The van der Waals surface area contributed by atoms with Crippen LogP contribution in [0.5, 0.6) is 0 Å². The molecule has 1 aromatic heterocycles. The standard InChI is InChI=1S/C8H5BrN2O/c1-2-8(12)11-7-4-3-6(9)5-10-7/h1,3-5H,(H,10,11,12). The molecule has 1 rings (SSSR count). The van der Waals surface area contributed by atoms with Crippen LogP contribution in [0.2, 0.25) is 0 Å². The number of nitrogens with zero attached hydrogens (tertiary/aromatic N) is 1. The van der Waals surface area contributed by atoms with E-state index in [9.17, 15) is 4.79 Å². The molecule has 3 nitrogen and oxygen atoms in total. The van der Waals surface area contributed by atoms with Crippen LogP contribution in [0.3, 0.4) is 0 Å². The van der Waals surface area contributed by atoms with Gasteiger partial charge in [0.05, 0.1) is 0 Å². The first-order chi connectivity index (χ1) is 5.72. The van der Waals surface area contributed by atoms with E-state index in [0.29, 0.717) is 5.82 Å². The molecule has 0 fully saturated rings. The molecule has 0 aliphatic heterocycles. The summed E-state index contributed by atoms with van der Waals surface area (Å²) < 4.78 is 0.848. The summed E-state index contributed by atoms with van der Waals surface area (Å²) in [7, 11) is 0. The van der Waals surface area contributed by atoms with Crippen LogP contribution in [0, 0.1) is 12.3 Å². The van der Waals surface area contributed by atoms with Crippen molar-refractivity contribution >= 4 is 27.7 Å². The van der Waals surface area contributed by atoms with Crippen LogP contribution in [-0.2, 0) is 4.79 Å². The monoisotopic (exact) mass is 224 g/mol. The number of anilines is 1. The summed E-state index contributed by atoms with van der Waals surface area (Å²) in [5.41, 5.74) is 0. The fourth-order valence-corrected chi connectivity index (χ4v) is 0.837. The van der Waals surface area contributed by atoms with Gasteiger partial charge in [0.25, 0.3) is 0 Å². The molecule has 0 radical (unpaired) electrons. The number of carbonyl (C=O) groups excluding carboxylic acids is 1. The highest BCUT2D eigenvalue weighted by Gasteiger charge is 1.97. The zero-order chi connectivity index (χ0) is 8.97. The van der Waals surface area contributed by atoms with Gasteiger partial charge in [0.1, 0.15) is 5.82 Å². The van der Waals surface area contributed by atoms with Crippen LogP contribution < -0.4 is 5.32 Å². The van der Waals surface area contributed by atoms with Crippen LogP contribution >= 0.6 is 15.9 Å². The van der Waals surface area contributed by atoms with Gasteiger partial charge in [-0.15, -0.1) is 6.42 Å². The van der Waals surface area contributed by atoms with Crippen molar-refractivity contribution in [1.29, 1.82) is 0 Å². The Morgan fingerprint density at radius 2 is 2.42 bits per heavy atom. The smallest absolute Gasteiger partial charge is 0.300 e. The van der Waals surface area contributed by atoms with Crippen molar-refractivity contribution in [2.75, 3.05) is 5.32 Å². The number of terminal acetylenes is 1. The molecule has 0 aliphatic rings. The fourth-order valence-electron chi connectivity index (χ4n) is 0.602. The molecule has 1 aromatic rings. The third-order valence-corrected chi connectivity index (χ3v) is 1.57. The maximum atomic E-state index is 10.7. The molecule has 0 spiro atoms. The lowest BCUT2D eigenvalue weighted by molar-refractivity contribution is -0.111. The van der Waals surface area contributed by atoms with Gasteiger partial charge in [-0.1, -0.05) is 0 Å². The summed E-state index contributed by atoms with van der Waals surface area (Å²) in [6.07, 6.45) is 6.43. The summed E-state index contributed by atoms with van der Waals surface area (Å²) in [4.78, 5) is 14.6. The van der Waals surface area contributed by atoms with E-state index >= 15 is 0 Å². The molecule has 0 bridgehead atoms. The maximum Gasteiger partial charge on any atom is 0.301 e. The van der Waals surface area contributed by atoms with Gasteiger partial charge < -0.3 is 0 Å². The predicted molar refractivity (Wildman–Crippen MR) is 49.4 cm³/mol. The van der Waals surface area contributed by atoms with Gasteiger partial charge in [-0.05, 0) is 34.0 Å². The molecule has 1 amide bonds. The van der Waals surface area contributed by atoms with E-state index in [2.05, 4.69) is 26.2 Å². The van der Waals surface area contributed by atoms with Crippen LogP contribution in [0.4, 0.5) is 5.82 Å². The SMILES string of the molecule is C#CC(=O)Nc1ccc(Br)cn1. The van der Waals surface area contributed by atoms with Crippen molar-refractivity contribution in [1.82, 2.24) is 4.98 Å². The highest BCUT2D eigenvalue weighted by Crippen LogP contribution is 2.09. The number of amides is 1. The Balaban J connectivity index is 2.73. The van der Waals surface area contributed by atoms with Crippen LogP contribution in [0.1, 0.15) is 0 Å². The van der Waals surface area contributed by atoms with E-state index in [1.165, 1.54) is 0 Å². The van der Waals surface area contributed by atoms with Gasteiger partial charge in [0.15, 0.2) is 0 Å². The van der Waals surface area contributed by atoms with Crippen molar-refractivity contribution < 1.29 is 4.79 Å². The minimum Gasteiger partial charge on any atom is -0.300 e. The highest BCUT2D eigenvalue weighted by atomic mass is 79.9. The fraction of sp³-hybridized carbons (Fsp3) is 0. The topological polar surface area (TPSA) is 42.0 Å². The van der Waals surface area contributed by atoms with Gasteiger partial charge >= 0.3 is 5.91 Å². The van der Waals surface area contributed by atoms with Crippen molar-refractivity contribution in [2.24, 2.45) is 0 Å². The normalized spacial score (nSPS) is 8.67. The Hall–Kier alpha value is -1.34. The number of hydrogen-bond donors (Lipinski definition) is 1. The maximum absolute atomic E-state index is 10.7. The molecular formula is C8H5BrN2O. The molecular weight excluding hydrogens is 220 g/mol. The predicted octanol–water partition coefficient (Wildman–Crippen LogP) is 1.42. The van der Waals surface area contributed by atoms with Gasteiger partial charge in [-0.3, -0.25) is 10.1 Å². The van der Waals surface area contributed by atoms with Crippen molar-refractivity contribution in [3.63, 3.8) is 0 Å². The van der Waals surface area contributed by atoms with E-state index in [1.54, 1.807) is 18.3 Å². The largest absolute Gasteiger partial charge is 0.301 e. The zero-order valence-corrected chi connectivity index (χ0v) is 7.63. The molecule has 1 heterocycles. The first kappa shape index (κ1) is 8.75. The first-order valence-electron chi connectivity index (χ1n) is 3.11. The molecule has 4 heteroatoms. The summed E-state index contributed by atoms with van der Waals surface area (Å²) >= 11 is 3.21. The van der Waals surface area contributed by atoms with Crippen molar-refractivity contribution in [3.05, 3.63) is 22.8 Å². The van der Waals surface area contributed by atoms with Crippen LogP contribution in [-0.4, -0.2) is 10.9 Å². The number of carbonyl (C=O) groups is 1. The van der Waals surface area contributed by atoms with Gasteiger partial charge in [-0.2, -0.15) is 0 Å². The summed E-state index contributed by atoms with van der Waals surface area (Å²) in [5, 5.41) is 2.41. The van der Waals surface area contributed by atoms with Crippen LogP contribution in [0.25, 0.3) is 0 Å². The molecule has 0 unspecified atom stereocenters. The molecule has 1 N–H and O–H groups in total. The number of aromatic nitrogens is 1. The number of pyridine rings is 1. The summed E-state index contributed by atoms with van der Waals surface area (Å²) in [5.74, 6) is 1.88. The Morgan fingerprint density at radius 1 is 1.67 bits per heavy atom. The third-order valence-electron chi connectivity index (χ3n) is 1.10. The zero-order valence-electron chi connectivity index (χ0n) is 6.04. The molecule has 0 saturated carbocycles. The Labute approximate surface area is 78.3 Å². The van der Waals surface area contributed by atoms with E-state index in [0.717, 1.165) is 4.47 Å². The second-order valence-corrected chi connectivity index (χ2v) is 2.88. The van der Waals surface area contributed by atoms with Crippen molar-refractivity contribution in [3.8, 4) is 12.3 Å². The van der Waals surface area contributed by atoms with E-state index in [-0.39, 0.29) is 0 Å². The minimum atomic E-state index is -0.496. The van der Waals surface area contributed by atoms with E-state index < -0.39 is 5.91 Å². The Kier molecular flexibility index (Phi) is 2.83. The average Bonchev–Trinajstić information content (AvgIpc) is 2.09. The Bertz CT molecular complexity index is 326. The molecule has 12 heavy (non-hydrogen) atoms. The number of hydrogen-bond acceptors (Lipinski definition) is 2. The lowest BCUT2D eigenvalue weighted by atomic mass is 10.4. The minimum absolute atomic E-state index is 0.446. The number of nitrogens with one attached hydrogen (secondary N) is 1. The van der Waals surface area contributed by atoms with E-state index in [1.807, 2.05) is 5.92 Å². The summed E-state index contributed by atoms with van der Waals surface area (Å²) in [6, 6.07) is 3.42. The average molecular weight is 225 g/mol. The molecule has 60 valence electrons. The van der Waals surface area contributed by atoms with Gasteiger partial charge in [0.2, 0.25) is 0 Å². The Morgan fingerprint density at radius 3 is 2.92 bits per heavy atom. The molecule has 0 atom stereocenters. The van der Waals surface area contributed by atoms with Crippen LogP contribution in [0.15, 0.2) is 22.8 Å². The van der Waals surface area contributed by atoms with Crippen molar-refractivity contribution in [2.45, 2.75) is 0 Å². The van der Waals surface area contributed by atoms with Gasteiger partial charge in [-0.25, -0.2) is 4.98 Å². The molecule has 0 aliphatic carbocycles. The number of rotatable bonds is 1. The molecule has 0 saturated heterocycles. The first-order valence-corrected chi connectivity index (χ1v) is 3.91. The van der Waals surface area contributed by atoms with E-state index in [4.69, 9.17) is 6.42 Å². The lowest BCUT2D eigenvalue weighted by Gasteiger charge is -1.98. The van der Waals surface area contributed by atoms with Gasteiger partial charge in [0, 0.05) is 10.7 Å². The number of halogens is 1. The summed E-state index contributed by atoms with van der Waals surface area (Å²) in [6.45, 7) is 0. The lowest BCUT2D eigenvalue weighted by Crippen LogP contribution is -2.08.